The minimum Gasteiger partial charge on any atom is -0.326 e. The van der Waals surface area contributed by atoms with Gasteiger partial charge in [-0.2, -0.15) is 11.8 Å². The third-order valence-electron chi connectivity index (χ3n) is 2.85. The number of hydrogen-bond donors (Lipinski definition) is 1. The fourth-order valence-corrected chi connectivity index (χ4v) is 3.20. The fourth-order valence-electron chi connectivity index (χ4n) is 1.91. The first kappa shape index (κ1) is 11.2. The number of rotatable bonds is 2. The Kier molecular flexibility index (Phi) is 3.89. The van der Waals surface area contributed by atoms with Gasteiger partial charge >= 0.3 is 0 Å². The number of nitrogens with two attached hydrogens (primary N) is 1. The van der Waals surface area contributed by atoms with Gasteiger partial charge in [-0.15, -0.1) is 0 Å². The van der Waals surface area contributed by atoms with Gasteiger partial charge in [0.1, 0.15) is 5.15 Å². The van der Waals surface area contributed by atoms with Crippen LogP contribution in [0.2, 0.25) is 5.15 Å². The van der Waals surface area contributed by atoms with Crippen LogP contribution in [0.5, 0.6) is 0 Å². The summed E-state index contributed by atoms with van der Waals surface area (Å²) in [5, 5.41) is 0.548. The zero-order valence-corrected chi connectivity index (χ0v) is 10.2. The molecule has 15 heavy (non-hydrogen) atoms. The molecule has 82 valence electrons. The highest BCUT2D eigenvalue weighted by Gasteiger charge is 2.16. The van der Waals surface area contributed by atoms with Crippen molar-refractivity contribution in [3.05, 3.63) is 28.5 Å². The monoisotopic (exact) mass is 242 g/mol. The van der Waals surface area contributed by atoms with E-state index in [0.29, 0.717) is 17.6 Å². The van der Waals surface area contributed by atoms with Crippen molar-refractivity contribution in [2.75, 3.05) is 11.5 Å². The lowest BCUT2D eigenvalue weighted by molar-refractivity contribution is 0.633. The van der Waals surface area contributed by atoms with E-state index < -0.39 is 0 Å². The standard InChI is InChI=1S/C11H15ClN2S/c12-11-9(6-13)5-10(7-14-11)8-1-3-15-4-2-8/h5,7-8H,1-4,6,13H2. The highest BCUT2D eigenvalue weighted by atomic mass is 35.5. The summed E-state index contributed by atoms with van der Waals surface area (Å²) in [5.41, 5.74) is 7.89. The lowest BCUT2D eigenvalue weighted by atomic mass is 9.94. The molecule has 0 bridgehead atoms. The van der Waals surface area contributed by atoms with E-state index in [0.717, 1.165) is 5.56 Å². The molecule has 0 unspecified atom stereocenters. The van der Waals surface area contributed by atoms with Crippen molar-refractivity contribution in [2.45, 2.75) is 25.3 Å². The number of aromatic nitrogens is 1. The summed E-state index contributed by atoms with van der Waals surface area (Å²) >= 11 is 7.98. The molecule has 1 fully saturated rings. The Bertz CT molecular complexity index is 337. The smallest absolute Gasteiger partial charge is 0.133 e. The molecule has 0 amide bonds. The molecule has 0 saturated carbocycles. The van der Waals surface area contributed by atoms with Crippen molar-refractivity contribution in [3.8, 4) is 0 Å². The van der Waals surface area contributed by atoms with Crippen molar-refractivity contribution < 1.29 is 0 Å². The molecular weight excluding hydrogens is 228 g/mol. The van der Waals surface area contributed by atoms with Crippen molar-refractivity contribution in [1.82, 2.24) is 4.98 Å². The number of nitrogens with zero attached hydrogens (tertiary/aromatic N) is 1. The Morgan fingerprint density at radius 2 is 2.20 bits per heavy atom. The Morgan fingerprint density at radius 3 is 2.87 bits per heavy atom. The van der Waals surface area contributed by atoms with Gasteiger partial charge in [0.25, 0.3) is 0 Å². The second-order valence-electron chi connectivity index (χ2n) is 3.81. The zero-order chi connectivity index (χ0) is 10.7. The van der Waals surface area contributed by atoms with Crippen molar-refractivity contribution >= 4 is 23.4 Å². The molecule has 4 heteroatoms. The van der Waals surface area contributed by atoms with Crippen LogP contribution < -0.4 is 5.73 Å². The summed E-state index contributed by atoms with van der Waals surface area (Å²) in [6.07, 6.45) is 4.40. The van der Waals surface area contributed by atoms with Crippen LogP contribution in [0.15, 0.2) is 12.3 Å². The normalized spacial score (nSPS) is 18.0. The molecular formula is C11H15ClN2S. The van der Waals surface area contributed by atoms with Crippen LogP contribution in [0.3, 0.4) is 0 Å². The molecule has 2 heterocycles. The first-order chi connectivity index (χ1) is 7.31. The van der Waals surface area contributed by atoms with Crippen LogP contribution >= 0.6 is 23.4 Å². The number of pyridine rings is 1. The summed E-state index contributed by atoms with van der Waals surface area (Å²) in [6.45, 7) is 0.473. The molecule has 0 atom stereocenters. The quantitative estimate of drug-likeness (QED) is 0.811. The first-order valence-corrected chi connectivity index (χ1v) is 6.76. The average molecular weight is 243 g/mol. The second-order valence-corrected chi connectivity index (χ2v) is 5.39. The largest absolute Gasteiger partial charge is 0.326 e. The number of thioether (sulfide) groups is 1. The SMILES string of the molecule is NCc1cc(C2CCSCC2)cnc1Cl. The van der Waals surface area contributed by atoms with E-state index in [1.807, 2.05) is 18.0 Å². The van der Waals surface area contributed by atoms with Crippen molar-refractivity contribution in [2.24, 2.45) is 5.73 Å². The molecule has 0 radical (unpaired) electrons. The van der Waals surface area contributed by atoms with Gasteiger partial charge in [0, 0.05) is 18.3 Å². The highest BCUT2D eigenvalue weighted by molar-refractivity contribution is 7.99. The Labute approximate surface area is 99.6 Å². The van der Waals surface area contributed by atoms with Gasteiger partial charge in [-0.3, -0.25) is 0 Å². The van der Waals surface area contributed by atoms with E-state index in [4.69, 9.17) is 17.3 Å². The molecule has 1 saturated heterocycles. The minimum absolute atomic E-state index is 0.473. The van der Waals surface area contributed by atoms with Crippen LogP contribution in [0, 0.1) is 0 Å². The van der Waals surface area contributed by atoms with Gasteiger partial charge in [-0.25, -0.2) is 4.98 Å². The number of hydrogen-bond acceptors (Lipinski definition) is 3. The summed E-state index contributed by atoms with van der Waals surface area (Å²) < 4.78 is 0. The Hall–Kier alpha value is -0.250. The molecule has 0 aliphatic carbocycles. The molecule has 1 aliphatic rings. The lowest BCUT2D eigenvalue weighted by Crippen LogP contribution is -2.09. The molecule has 2 rings (SSSR count). The molecule has 1 aromatic rings. The van der Waals surface area contributed by atoms with Crippen LogP contribution in [-0.2, 0) is 6.54 Å². The van der Waals surface area contributed by atoms with Crippen LogP contribution in [0.1, 0.15) is 29.9 Å². The summed E-state index contributed by atoms with van der Waals surface area (Å²) in [6, 6.07) is 2.12. The summed E-state index contributed by atoms with van der Waals surface area (Å²) in [5.74, 6) is 3.16. The van der Waals surface area contributed by atoms with E-state index in [1.165, 1.54) is 29.9 Å². The molecule has 0 aromatic carbocycles. The maximum atomic E-state index is 5.94. The maximum Gasteiger partial charge on any atom is 0.133 e. The van der Waals surface area contributed by atoms with Gasteiger partial charge < -0.3 is 5.73 Å². The highest BCUT2D eigenvalue weighted by Crippen LogP contribution is 2.32. The molecule has 2 nitrogen and oxygen atoms in total. The second kappa shape index (κ2) is 5.19. The maximum absolute atomic E-state index is 5.94. The number of halogens is 1. The molecule has 1 aliphatic heterocycles. The Balaban J connectivity index is 2.20. The molecule has 2 N–H and O–H groups in total. The summed E-state index contributed by atoms with van der Waals surface area (Å²) in [4.78, 5) is 4.20. The van der Waals surface area contributed by atoms with Gasteiger partial charge in [-0.1, -0.05) is 11.6 Å². The van der Waals surface area contributed by atoms with E-state index in [2.05, 4.69) is 11.1 Å². The minimum atomic E-state index is 0.473. The van der Waals surface area contributed by atoms with Gasteiger partial charge in [-0.05, 0) is 41.9 Å². The van der Waals surface area contributed by atoms with E-state index in [1.54, 1.807) is 0 Å². The van der Waals surface area contributed by atoms with Crippen LogP contribution in [-0.4, -0.2) is 16.5 Å². The van der Waals surface area contributed by atoms with Crippen molar-refractivity contribution in [3.63, 3.8) is 0 Å². The zero-order valence-electron chi connectivity index (χ0n) is 8.58. The van der Waals surface area contributed by atoms with Gasteiger partial charge in [0.2, 0.25) is 0 Å². The van der Waals surface area contributed by atoms with E-state index in [9.17, 15) is 0 Å². The fraction of sp³-hybridized carbons (Fsp3) is 0.545. The van der Waals surface area contributed by atoms with Crippen LogP contribution in [0.4, 0.5) is 0 Å². The third-order valence-corrected chi connectivity index (χ3v) is 4.23. The van der Waals surface area contributed by atoms with Crippen LogP contribution in [0.25, 0.3) is 0 Å². The van der Waals surface area contributed by atoms with Crippen molar-refractivity contribution in [1.29, 1.82) is 0 Å². The van der Waals surface area contributed by atoms with Gasteiger partial charge in [0.05, 0.1) is 0 Å². The van der Waals surface area contributed by atoms with Gasteiger partial charge in [0.15, 0.2) is 0 Å². The topological polar surface area (TPSA) is 38.9 Å². The third kappa shape index (κ3) is 2.65. The average Bonchev–Trinajstić information content (AvgIpc) is 2.31. The summed E-state index contributed by atoms with van der Waals surface area (Å²) in [7, 11) is 0. The lowest BCUT2D eigenvalue weighted by Gasteiger charge is -2.21. The van der Waals surface area contributed by atoms with E-state index in [-0.39, 0.29) is 0 Å². The first-order valence-electron chi connectivity index (χ1n) is 5.23. The predicted octanol–water partition coefficient (Wildman–Crippen LogP) is 2.80. The predicted molar refractivity (Wildman–Crippen MR) is 66.4 cm³/mol. The Morgan fingerprint density at radius 1 is 1.47 bits per heavy atom. The molecule has 0 spiro atoms. The van der Waals surface area contributed by atoms with E-state index >= 15 is 0 Å². The molecule has 1 aromatic heterocycles.